The van der Waals surface area contributed by atoms with Crippen LogP contribution in [0.4, 0.5) is 0 Å². The molecule has 3 rings (SSSR count). The first-order valence-corrected chi connectivity index (χ1v) is 19.6. The molecule has 0 aromatic rings. The number of aliphatic hydroxyl groups excluding tert-OH is 2. The summed E-state index contributed by atoms with van der Waals surface area (Å²) in [6.45, 7) is 13.2. The molecule has 3 aliphatic heterocycles. The van der Waals surface area contributed by atoms with E-state index in [9.17, 15) is 29.7 Å². The fourth-order valence-corrected chi connectivity index (χ4v) is 6.86. The van der Waals surface area contributed by atoms with Gasteiger partial charge in [-0.15, -0.1) is 0 Å². The van der Waals surface area contributed by atoms with E-state index in [2.05, 4.69) is 20.1 Å². The second-order valence-corrected chi connectivity index (χ2v) is 15.0. The summed E-state index contributed by atoms with van der Waals surface area (Å²) in [6.07, 6.45) is 5.92. The van der Waals surface area contributed by atoms with E-state index in [1.54, 1.807) is 26.0 Å². The van der Waals surface area contributed by atoms with Gasteiger partial charge in [0.1, 0.15) is 12.7 Å². The first kappa shape index (κ1) is 46.3. The topological polar surface area (TPSA) is 186 Å². The van der Waals surface area contributed by atoms with E-state index >= 15 is 0 Å². The van der Waals surface area contributed by atoms with Crippen LogP contribution in [0.1, 0.15) is 104 Å². The lowest BCUT2D eigenvalue weighted by molar-refractivity contribution is -0.327. The number of esters is 3. The molecule has 2 saturated heterocycles. The van der Waals surface area contributed by atoms with Crippen molar-refractivity contribution in [3.05, 3.63) is 48.8 Å². The van der Waals surface area contributed by atoms with Gasteiger partial charge in [0.2, 0.25) is 5.79 Å². The molecule has 8 atom stereocenters. The Morgan fingerprint density at radius 3 is 2.44 bits per heavy atom. The van der Waals surface area contributed by atoms with Gasteiger partial charge >= 0.3 is 17.9 Å². The van der Waals surface area contributed by atoms with Crippen molar-refractivity contribution in [1.29, 1.82) is 0 Å². The molecule has 55 heavy (non-hydrogen) atoms. The number of carbonyl (C=O) groups excluding carboxylic acids is 3. The van der Waals surface area contributed by atoms with E-state index in [1.165, 1.54) is 19.3 Å². The van der Waals surface area contributed by atoms with Crippen LogP contribution in [0.3, 0.4) is 0 Å². The highest BCUT2D eigenvalue weighted by atomic mass is 16.7. The highest BCUT2D eigenvalue weighted by Gasteiger charge is 2.57. The molecule has 3 heterocycles. The van der Waals surface area contributed by atoms with Crippen molar-refractivity contribution in [2.24, 2.45) is 5.41 Å². The van der Waals surface area contributed by atoms with Crippen molar-refractivity contribution < 1.29 is 67.6 Å². The van der Waals surface area contributed by atoms with Crippen LogP contribution >= 0.6 is 0 Å². The normalized spacial score (nSPS) is 32.0. The molecular formula is C41H64O14. The molecule has 14 nitrogen and oxygen atoms in total. The molecule has 0 saturated carbocycles. The molecule has 0 aliphatic carbocycles. The quantitative estimate of drug-likeness (QED) is 0.0755. The Bertz CT molecular complexity index is 1310. The maximum absolute atomic E-state index is 13.4. The minimum absolute atomic E-state index is 0.0259. The molecule has 3 aliphatic rings. The lowest BCUT2D eigenvalue weighted by atomic mass is 9.74. The summed E-state index contributed by atoms with van der Waals surface area (Å²) in [5.41, 5.74) is -1.11. The van der Waals surface area contributed by atoms with E-state index in [0.29, 0.717) is 32.3 Å². The Hall–Kier alpha value is -3.11. The average Bonchev–Trinajstić information content (AvgIpc) is 3.13. The molecule has 0 amide bonds. The largest absolute Gasteiger partial charge is 0.493 e. The van der Waals surface area contributed by atoms with Crippen LogP contribution < -0.4 is 0 Å². The number of fused-ring (bicyclic) bond motifs is 4. The standard InChI is InChI=1S/C41H64O14/c1-7-9-10-11-12-13-35(44)54-39-29(23-36(45)48-6)22-33-25-34(27-42)51-28(3)21-30(43)15-19-49-20-16-31-24-32(26-37(46)50-18-8-2)53-38(52-31)14-17-40(4,5)41(39,47)55-33/h8,14,17,23,30-34,38-39,42-43,47H,2-3,7,9-13,15-16,18-22,24-27H2,1,4-6H3/b17-14+,29-23+/t30-,31?,32-,33?,34-,38-,39+,41-/m1/s1. The molecular weight excluding hydrogens is 716 g/mol. The molecule has 14 heteroatoms. The van der Waals surface area contributed by atoms with Gasteiger partial charge in [-0.2, -0.15) is 0 Å². The highest BCUT2D eigenvalue weighted by Crippen LogP contribution is 2.47. The van der Waals surface area contributed by atoms with Gasteiger partial charge in [-0.3, -0.25) is 9.59 Å². The van der Waals surface area contributed by atoms with Crippen molar-refractivity contribution in [2.75, 3.05) is 33.5 Å². The number of rotatable bonds is 13. The van der Waals surface area contributed by atoms with E-state index in [0.717, 1.165) is 25.7 Å². The van der Waals surface area contributed by atoms with Crippen LogP contribution in [0.5, 0.6) is 0 Å². The smallest absolute Gasteiger partial charge is 0.330 e. The van der Waals surface area contributed by atoms with Crippen molar-refractivity contribution in [3.63, 3.8) is 0 Å². The number of carbonyl (C=O) groups is 3. The summed E-state index contributed by atoms with van der Waals surface area (Å²) in [5, 5.41) is 33.7. The van der Waals surface area contributed by atoms with Crippen LogP contribution in [-0.4, -0.2) is 115 Å². The van der Waals surface area contributed by atoms with E-state index in [4.69, 9.17) is 37.9 Å². The summed E-state index contributed by atoms with van der Waals surface area (Å²) in [7, 11) is 1.22. The van der Waals surface area contributed by atoms with Crippen molar-refractivity contribution >= 4 is 17.9 Å². The Morgan fingerprint density at radius 2 is 1.73 bits per heavy atom. The van der Waals surface area contributed by atoms with E-state index in [1.807, 2.05) is 0 Å². The second kappa shape index (κ2) is 23.2. The average molecular weight is 781 g/mol. The number of ether oxygens (including phenoxy) is 8. The Kier molecular flexibility index (Phi) is 19.5. The van der Waals surface area contributed by atoms with Crippen molar-refractivity contribution in [3.8, 4) is 0 Å². The molecule has 2 unspecified atom stereocenters. The fraction of sp³-hybridized carbons (Fsp3) is 0.732. The summed E-state index contributed by atoms with van der Waals surface area (Å²) in [6, 6.07) is 0. The maximum Gasteiger partial charge on any atom is 0.330 e. The first-order valence-electron chi connectivity index (χ1n) is 19.6. The number of hydrogen-bond acceptors (Lipinski definition) is 14. The summed E-state index contributed by atoms with van der Waals surface area (Å²) in [5.74, 6) is -3.79. The van der Waals surface area contributed by atoms with Gasteiger partial charge in [-0.1, -0.05) is 71.8 Å². The molecule has 0 aromatic carbocycles. The predicted molar refractivity (Wildman–Crippen MR) is 201 cm³/mol. The minimum atomic E-state index is -2.28. The zero-order chi connectivity index (χ0) is 40.4. The zero-order valence-corrected chi connectivity index (χ0v) is 33.1. The van der Waals surface area contributed by atoms with Gasteiger partial charge in [0.15, 0.2) is 12.4 Å². The SMILES string of the molecule is C=CCOC(=O)C[C@H]1CC2CCOCC[C@@H](O)CC(=C)O[C@@H](CO)CC3C/C(=C\C(=O)OC)[C@H](OC(=O)CCCCCCC)[C@@](O)(O3)C(C)(C)/C=C/[C@H](O2)O1. The van der Waals surface area contributed by atoms with Crippen molar-refractivity contribution in [2.45, 2.75) is 153 Å². The van der Waals surface area contributed by atoms with Crippen LogP contribution in [0.25, 0.3) is 0 Å². The number of unbranched alkanes of at least 4 members (excludes halogenated alkanes) is 4. The van der Waals surface area contributed by atoms with E-state index in [-0.39, 0.29) is 62.8 Å². The zero-order valence-electron chi connectivity index (χ0n) is 33.1. The molecule has 0 radical (unpaired) electrons. The van der Waals surface area contributed by atoms with Crippen LogP contribution in [0, 0.1) is 5.41 Å². The Morgan fingerprint density at radius 1 is 1.00 bits per heavy atom. The van der Waals surface area contributed by atoms with Gasteiger partial charge in [0, 0.05) is 50.4 Å². The second-order valence-electron chi connectivity index (χ2n) is 15.0. The van der Waals surface area contributed by atoms with Crippen LogP contribution in [-0.2, 0) is 52.3 Å². The first-order chi connectivity index (χ1) is 26.2. The van der Waals surface area contributed by atoms with E-state index < -0.39 is 72.5 Å². The lowest BCUT2D eigenvalue weighted by Crippen LogP contribution is -2.62. The third-order valence-corrected chi connectivity index (χ3v) is 9.97. The molecule has 4 bridgehead atoms. The molecule has 0 aromatic heterocycles. The van der Waals surface area contributed by atoms with Crippen LogP contribution in [0.15, 0.2) is 48.8 Å². The summed E-state index contributed by atoms with van der Waals surface area (Å²) in [4.78, 5) is 38.7. The summed E-state index contributed by atoms with van der Waals surface area (Å²) < 4.78 is 46.9. The fourth-order valence-electron chi connectivity index (χ4n) is 6.86. The number of hydrogen-bond donors (Lipinski definition) is 3. The predicted octanol–water partition coefficient (Wildman–Crippen LogP) is 4.88. The monoisotopic (exact) mass is 780 g/mol. The van der Waals surface area contributed by atoms with Crippen molar-refractivity contribution in [1.82, 2.24) is 0 Å². The number of aliphatic hydroxyl groups is 3. The van der Waals surface area contributed by atoms with Gasteiger partial charge in [-0.05, 0) is 37.3 Å². The van der Waals surface area contributed by atoms with Crippen LogP contribution in [0.2, 0.25) is 0 Å². The molecule has 3 N–H and O–H groups in total. The third kappa shape index (κ3) is 15.1. The minimum Gasteiger partial charge on any atom is -0.493 e. The lowest BCUT2D eigenvalue weighted by Gasteiger charge is -2.51. The van der Waals surface area contributed by atoms with Gasteiger partial charge in [-0.25, -0.2) is 4.79 Å². The summed E-state index contributed by atoms with van der Waals surface area (Å²) >= 11 is 0. The van der Waals surface area contributed by atoms with Gasteiger partial charge in [0.05, 0.1) is 50.3 Å². The van der Waals surface area contributed by atoms with Gasteiger partial charge < -0.3 is 53.2 Å². The molecule has 0 spiro atoms. The molecule has 312 valence electrons. The Labute approximate surface area is 325 Å². The van der Waals surface area contributed by atoms with Gasteiger partial charge in [0.25, 0.3) is 0 Å². The third-order valence-electron chi connectivity index (χ3n) is 9.97. The molecule has 2 fully saturated rings. The number of methoxy groups -OCH3 is 1. The highest BCUT2D eigenvalue weighted by molar-refractivity contribution is 5.83. The Balaban J connectivity index is 2.04. The maximum atomic E-state index is 13.4.